The zero-order valence-electron chi connectivity index (χ0n) is 35.7. The van der Waals surface area contributed by atoms with Gasteiger partial charge < -0.3 is 53.2 Å². The van der Waals surface area contributed by atoms with Crippen molar-refractivity contribution < 1.29 is 77.4 Å². The number of ether oxygens (including phenoxy) is 8. The van der Waals surface area contributed by atoms with Crippen LogP contribution in [-0.2, 0) is 42.8 Å². The number of halogens is 2. The molecule has 22 heteroatoms. The molecular weight excluding hydrogens is 867 g/mol. The molecule has 0 saturated carbocycles. The molecule has 2 aromatic rings. The zero-order chi connectivity index (χ0) is 46.9. The summed E-state index contributed by atoms with van der Waals surface area (Å²) >= 11 is 11.9. The Morgan fingerprint density at radius 3 is 1.31 bits per heavy atom. The molecule has 0 aliphatic carbocycles. The van der Waals surface area contributed by atoms with Crippen LogP contribution < -0.4 is 9.47 Å². The van der Waals surface area contributed by atoms with Gasteiger partial charge in [-0.2, -0.15) is 0 Å². The Bertz CT molecular complexity index is 1890. The Labute approximate surface area is 367 Å². The first-order valence-electron chi connectivity index (χ1n) is 19.6. The minimum absolute atomic E-state index is 0.0134. The molecule has 0 amide bonds. The molecule has 5 rings (SSSR count). The van der Waals surface area contributed by atoms with E-state index in [4.69, 9.17) is 61.1 Å². The summed E-state index contributed by atoms with van der Waals surface area (Å²) in [5.74, 6) is -0.495. The molecule has 20 nitrogen and oxygen atoms in total. The fourth-order valence-electron chi connectivity index (χ4n) is 6.60. The second kappa shape index (κ2) is 22.8. The van der Waals surface area contributed by atoms with Gasteiger partial charge in [-0.25, -0.2) is 0 Å². The Morgan fingerprint density at radius 2 is 0.919 bits per heavy atom. The zero-order valence-corrected chi connectivity index (χ0v) is 37.3. The van der Waals surface area contributed by atoms with Gasteiger partial charge >= 0.3 is 17.9 Å². The van der Waals surface area contributed by atoms with Gasteiger partial charge in [-0.05, 0) is 44.7 Å². The van der Waals surface area contributed by atoms with Gasteiger partial charge in [-0.1, -0.05) is 50.9 Å². The van der Waals surface area contributed by atoms with Crippen LogP contribution in [0.5, 0.6) is 11.5 Å². The highest BCUT2D eigenvalue weighted by Crippen LogP contribution is 2.37. The molecule has 62 heavy (non-hydrogen) atoms. The number of hydrogen-bond donors (Lipinski definition) is 3. The number of aliphatic hydroxyl groups excluding tert-OH is 3. The number of nitrogens with zero attached hydrogens (tertiary/aromatic N) is 2. The van der Waals surface area contributed by atoms with E-state index in [1.807, 2.05) is 41.5 Å². The maximum absolute atomic E-state index is 11.4. The predicted octanol–water partition coefficient (Wildman–Crippen LogP) is 5.53. The first-order valence-corrected chi connectivity index (χ1v) is 20.3. The quantitative estimate of drug-likeness (QED) is 0.121. The molecule has 15 atom stereocenters. The molecule has 0 bridgehead atoms. The van der Waals surface area contributed by atoms with Crippen molar-refractivity contribution in [2.24, 2.45) is 23.7 Å². The molecule has 2 aromatic carbocycles. The van der Waals surface area contributed by atoms with Crippen LogP contribution in [0.2, 0.25) is 10.0 Å². The summed E-state index contributed by atoms with van der Waals surface area (Å²) in [5, 5.41) is 50.5. The van der Waals surface area contributed by atoms with E-state index in [2.05, 4.69) is 0 Å². The van der Waals surface area contributed by atoms with Crippen LogP contribution in [0.25, 0.3) is 0 Å². The lowest BCUT2D eigenvalue weighted by Crippen LogP contribution is -2.58. The Balaban J connectivity index is 0.000000252. The fraction of sp³-hybridized carbons (Fsp3) is 0.625. The van der Waals surface area contributed by atoms with Crippen LogP contribution in [0.4, 0.5) is 11.4 Å². The van der Waals surface area contributed by atoms with Crippen molar-refractivity contribution in [2.45, 2.75) is 137 Å². The monoisotopic (exact) mass is 920 g/mol. The van der Waals surface area contributed by atoms with E-state index >= 15 is 0 Å². The fourth-order valence-corrected chi connectivity index (χ4v) is 7.03. The van der Waals surface area contributed by atoms with E-state index in [-0.39, 0.29) is 68.8 Å². The molecule has 7 unspecified atom stereocenters. The number of nitro groups is 2. The summed E-state index contributed by atoms with van der Waals surface area (Å²) in [5.41, 5.74) is -0.343. The minimum atomic E-state index is -1.48. The van der Waals surface area contributed by atoms with Gasteiger partial charge in [0, 0.05) is 56.9 Å². The van der Waals surface area contributed by atoms with Crippen LogP contribution in [0.3, 0.4) is 0 Å². The summed E-state index contributed by atoms with van der Waals surface area (Å²) < 4.78 is 43.4. The smallest absolute Gasteiger partial charge is 0.305 e. The molecule has 3 N–H and O–H groups in total. The second-order valence-electron chi connectivity index (χ2n) is 15.3. The summed E-state index contributed by atoms with van der Waals surface area (Å²) in [7, 11) is 0. The Kier molecular flexibility index (Phi) is 19.1. The minimum Gasteiger partial charge on any atom is -0.460 e. The molecule has 0 aromatic heterocycles. The van der Waals surface area contributed by atoms with Gasteiger partial charge in [0.1, 0.15) is 29.8 Å². The van der Waals surface area contributed by atoms with Gasteiger partial charge in [0.25, 0.3) is 11.4 Å². The average molecular weight is 922 g/mol. The molecule has 3 aliphatic rings. The number of hydrogen-bond acceptors (Lipinski definition) is 18. The number of carbonyl (C=O) groups is 3. The first-order chi connectivity index (χ1) is 28.8. The number of esters is 3. The molecule has 0 spiro atoms. The predicted molar refractivity (Wildman–Crippen MR) is 218 cm³/mol. The van der Waals surface area contributed by atoms with Crippen LogP contribution in [0.1, 0.15) is 69.2 Å². The molecule has 3 saturated heterocycles. The number of rotatable bonds is 9. The highest BCUT2D eigenvalue weighted by Gasteiger charge is 2.46. The Hall–Kier alpha value is -4.41. The molecule has 346 valence electrons. The first kappa shape index (κ1) is 51.9. The molecule has 0 radical (unpaired) electrons. The topological polar surface area (TPSA) is 272 Å². The van der Waals surface area contributed by atoms with Crippen molar-refractivity contribution in [3.05, 3.63) is 66.7 Å². The maximum Gasteiger partial charge on any atom is 0.305 e. The van der Waals surface area contributed by atoms with Crippen molar-refractivity contribution in [3.63, 3.8) is 0 Å². The lowest BCUT2D eigenvalue weighted by atomic mass is 9.84. The van der Waals surface area contributed by atoms with Crippen molar-refractivity contribution in [2.75, 3.05) is 0 Å². The number of benzene rings is 2. The summed E-state index contributed by atoms with van der Waals surface area (Å²) in [6.45, 7) is 17.3. The third-order valence-corrected chi connectivity index (χ3v) is 11.4. The van der Waals surface area contributed by atoms with Gasteiger partial charge in [-0.15, -0.1) is 0 Å². The largest absolute Gasteiger partial charge is 0.460 e. The molecule has 3 fully saturated rings. The average Bonchev–Trinajstić information content (AvgIpc) is 3.18. The van der Waals surface area contributed by atoms with E-state index in [1.54, 1.807) is 0 Å². The number of non-ortho nitro benzene ring substituents is 2. The number of carbonyl (C=O) groups excluding carboxylic acids is 3. The Morgan fingerprint density at radius 1 is 0.548 bits per heavy atom. The highest BCUT2D eigenvalue weighted by molar-refractivity contribution is 6.32. The normalized spacial score (nSPS) is 32.9. The van der Waals surface area contributed by atoms with Crippen LogP contribution in [-0.4, -0.2) is 111 Å². The lowest BCUT2D eigenvalue weighted by molar-refractivity contribution is -0.385. The lowest BCUT2D eigenvalue weighted by Gasteiger charge is -2.42. The third-order valence-electron chi connectivity index (χ3n) is 10.8. The standard InChI is InChI=1S/C16H20ClNO6.C12H14ClNO7.C12H20O5/c1-8-9(2)15(23-11(4)19)16(22-10(8)3)24-14-6-5-12(18(20)21)7-13(14)17;1-5-9(15)10(16)11(17)12(20-5)21-8-3-2-6(14(18)19)4-7(8)13;1-6-7(2)11(16-9(4)13)12(15-8(6)3)17-10(5)14/h5-10,15-16H,1-4H3;2-5,9-12,15-17H,1H3;6-8,11-12H,1-5H3/t8-,9+,10?,15?,16+;5?,9-,10-,11?,12-;6-,7+,8?,11?,12?/m101/s1. The van der Waals surface area contributed by atoms with Crippen molar-refractivity contribution in [3.8, 4) is 11.5 Å². The summed E-state index contributed by atoms with van der Waals surface area (Å²) in [6.07, 6.45) is -9.10. The number of aliphatic hydroxyl groups is 3. The van der Waals surface area contributed by atoms with Crippen molar-refractivity contribution in [1.29, 1.82) is 0 Å². The van der Waals surface area contributed by atoms with E-state index < -0.39 is 83.2 Å². The SMILES string of the molecule is CC(=O)OC1OC(C)[C@H](C)[C@H](C)C1OC(C)=O.CC(=O)OC1[C@H](Oc2ccc([N+](=O)[O-])cc2Cl)OC(C)[C@H](C)[C@@H]1C.CC1O[C@@H](Oc2ccc([N+](=O)[O-])cc2Cl)C(O)[C@@H](O)[C@H]1O. The third kappa shape index (κ3) is 13.8. The van der Waals surface area contributed by atoms with Gasteiger partial charge in [0.05, 0.1) is 38.2 Å². The van der Waals surface area contributed by atoms with Gasteiger partial charge in [0.2, 0.25) is 18.9 Å². The van der Waals surface area contributed by atoms with Crippen molar-refractivity contribution >= 4 is 52.5 Å². The van der Waals surface area contributed by atoms with E-state index in [1.165, 1.54) is 58.0 Å². The molecule has 3 heterocycles. The van der Waals surface area contributed by atoms with E-state index in [0.29, 0.717) is 0 Å². The second-order valence-corrected chi connectivity index (χ2v) is 16.1. The highest BCUT2D eigenvalue weighted by atomic mass is 35.5. The number of nitro benzene ring substituents is 2. The van der Waals surface area contributed by atoms with Gasteiger partial charge in [-0.3, -0.25) is 34.6 Å². The summed E-state index contributed by atoms with van der Waals surface area (Å²) in [6, 6.07) is 7.45. The summed E-state index contributed by atoms with van der Waals surface area (Å²) in [4.78, 5) is 53.7. The van der Waals surface area contributed by atoms with Gasteiger partial charge in [0.15, 0.2) is 12.2 Å². The molecular formula is C40H54Cl2N2O18. The molecule has 3 aliphatic heterocycles. The maximum atomic E-state index is 11.4. The van der Waals surface area contributed by atoms with Crippen LogP contribution in [0.15, 0.2) is 36.4 Å². The van der Waals surface area contributed by atoms with Crippen LogP contribution >= 0.6 is 23.2 Å². The van der Waals surface area contributed by atoms with E-state index in [0.717, 1.165) is 6.07 Å². The van der Waals surface area contributed by atoms with E-state index in [9.17, 15) is 49.9 Å². The van der Waals surface area contributed by atoms with Crippen LogP contribution in [0, 0.1) is 43.9 Å². The van der Waals surface area contributed by atoms with Crippen molar-refractivity contribution in [1.82, 2.24) is 0 Å².